The number of aryl methyl sites for hydroxylation is 1. The number of hydrogen-bond acceptors (Lipinski definition) is 5. The summed E-state index contributed by atoms with van der Waals surface area (Å²) in [6, 6.07) is 9.26. The van der Waals surface area contributed by atoms with Crippen molar-refractivity contribution in [2.75, 3.05) is 6.61 Å². The van der Waals surface area contributed by atoms with Gasteiger partial charge in [-0.25, -0.2) is 4.79 Å². The Bertz CT molecular complexity index is 846. The molecule has 112 valence electrons. The first-order valence-electron chi connectivity index (χ1n) is 6.87. The van der Waals surface area contributed by atoms with Crippen molar-refractivity contribution in [3.05, 3.63) is 47.3 Å². The fourth-order valence-corrected chi connectivity index (χ4v) is 2.40. The van der Waals surface area contributed by atoms with E-state index in [0.717, 1.165) is 5.69 Å². The minimum atomic E-state index is -0.519. The number of carbonyl (C=O) groups excluding carboxylic acids is 2. The van der Waals surface area contributed by atoms with Gasteiger partial charge in [0.2, 0.25) is 5.71 Å². The van der Waals surface area contributed by atoms with Gasteiger partial charge in [-0.05, 0) is 26.0 Å². The van der Waals surface area contributed by atoms with Crippen molar-refractivity contribution in [1.29, 1.82) is 0 Å². The van der Waals surface area contributed by atoms with E-state index in [-0.39, 0.29) is 17.9 Å². The molecule has 1 aromatic carbocycles. The Kier molecular flexibility index (Phi) is 3.50. The Morgan fingerprint density at radius 3 is 2.73 bits per heavy atom. The lowest BCUT2D eigenvalue weighted by atomic mass is 10.1. The summed E-state index contributed by atoms with van der Waals surface area (Å²) in [6.07, 6.45) is 0.611. The summed E-state index contributed by atoms with van der Waals surface area (Å²) in [7, 11) is 0. The Hall–Kier alpha value is -2.89. The second-order valence-electron chi connectivity index (χ2n) is 4.68. The monoisotopic (exact) mass is 298 g/mol. The molecule has 0 radical (unpaired) electrons. The smallest absolute Gasteiger partial charge is 0.342 e. The second-order valence-corrected chi connectivity index (χ2v) is 4.68. The summed E-state index contributed by atoms with van der Waals surface area (Å²) < 4.78 is 12.2. The molecule has 0 saturated carbocycles. The third-order valence-electron chi connectivity index (χ3n) is 3.31. The van der Waals surface area contributed by atoms with Crippen LogP contribution in [0.5, 0.6) is 0 Å². The number of esters is 1. The molecule has 2 aromatic heterocycles. The minimum Gasteiger partial charge on any atom is -0.462 e. The lowest BCUT2D eigenvalue weighted by molar-refractivity contribution is 0.0526. The van der Waals surface area contributed by atoms with E-state index in [1.165, 1.54) is 4.68 Å². The van der Waals surface area contributed by atoms with Crippen LogP contribution in [0.3, 0.4) is 0 Å². The first-order chi connectivity index (χ1) is 10.7. The van der Waals surface area contributed by atoms with Crippen molar-refractivity contribution in [2.24, 2.45) is 0 Å². The average Bonchev–Trinajstić information content (AvgIpc) is 3.03. The van der Waals surface area contributed by atoms with Crippen molar-refractivity contribution in [2.45, 2.75) is 13.8 Å². The number of benzene rings is 1. The predicted octanol–water partition coefficient (Wildman–Crippen LogP) is 2.92. The molecule has 0 unspecified atom stereocenters. The van der Waals surface area contributed by atoms with Crippen molar-refractivity contribution in [1.82, 2.24) is 9.78 Å². The Morgan fingerprint density at radius 2 is 2.09 bits per heavy atom. The Labute approximate surface area is 126 Å². The zero-order valence-electron chi connectivity index (χ0n) is 12.2. The molecule has 0 N–H and O–H groups in total. The van der Waals surface area contributed by atoms with Gasteiger partial charge in [0.05, 0.1) is 17.7 Å². The molecule has 0 aliphatic heterocycles. The molecule has 22 heavy (non-hydrogen) atoms. The highest BCUT2D eigenvalue weighted by Crippen LogP contribution is 2.30. The normalized spacial score (nSPS) is 10.8. The fraction of sp³-hybridized carbons (Fsp3) is 0.188. The highest BCUT2D eigenvalue weighted by molar-refractivity contribution is 6.09. The molecule has 0 amide bonds. The molecule has 2 heterocycles. The van der Waals surface area contributed by atoms with Crippen LogP contribution in [0.1, 0.15) is 33.5 Å². The van der Waals surface area contributed by atoms with Gasteiger partial charge in [-0.1, -0.05) is 18.2 Å². The van der Waals surface area contributed by atoms with Gasteiger partial charge in [-0.3, -0.25) is 4.79 Å². The minimum absolute atomic E-state index is 0.152. The van der Waals surface area contributed by atoms with Crippen LogP contribution in [-0.4, -0.2) is 28.6 Å². The summed E-state index contributed by atoms with van der Waals surface area (Å²) >= 11 is 0. The Morgan fingerprint density at radius 1 is 1.36 bits per heavy atom. The van der Waals surface area contributed by atoms with E-state index in [9.17, 15) is 9.59 Å². The van der Waals surface area contributed by atoms with Crippen molar-refractivity contribution >= 4 is 23.4 Å². The molecule has 0 spiro atoms. The number of fused-ring (bicyclic) bond motifs is 1. The van der Waals surface area contributed by atoms with E-state index in [0.29, 0.717) is 23.1 Å². The largest absolute Gasteiger partial charge is 0.462 e. The van der Waals surface area contributed by atoms with E-state index in [2.05, 4.69) is 5.10 Å². The van der Waals surface area contributed by atoms with Gasteiger partial charge < -0.3 is 9.15 Å². The maximum atomic E-state index is 12.1. The molecule has 0 saturated heterocycles. The predicted molar refractivity (Wildman–Crippen MR) is 79.4 cm³/mol. The van der Waals surface area contributed by atoms with Crippen LogP contribution in [0.2, 0.25) is 0 Å². The van der Waals surface area contributed by atoms with Crippen LogP contribution >= 0.6 is 0 Å². The van der Waals surface area contributed by atoms with Crippen molar-refractivity contribution in [3.8, 4) is 5.69 Å². The topological polar surface area (TPSA) is 74.3 Å². The van der Waals surface area contributed by atoms with Gasteiger partial charge in [0.1, 0.15) is 17.0 Å². The molecule has 0 atom stereocenters. The number of carbonyl (C=O) groups is 2. The van der Waals surface area contributed by atoms with Crippen LogP contribution in [0.4, 0.5) is 0 Å². The lowest BCUT2D eigenvalue weighted by Gasteiger charge is -2.00. The van der Waals surface area contributed by atoms with Crippen molar-refractivity contribution in [3.63, 3.8) is 0 Å². The number of nitrogens with zero attached hydrogens (tertiary/aromatic N) is 2. The molecule has 0 aliphatic carbocycles. The maximum Gasteiger partial charge on any atom is 0.342 e. The highest BCUT2D eigenvalue weighted by Gasteiger charge is 2.26. The molecule has 6 nitrogen and oxygen atoms in total. The van der Waals surface area contributed by atoms with Crippen LogP contribution in [0.25, 0.3) is 16.8 Å². The number of para-hydroxylation sites is 1. The van der Waals surface area contributed by atoms with Gasteiger partial charge in [-0.15, -0.1) is 0 Å². The summed E-state index contributed by atoms with van der Waals surface area (Å²) in [5.41, 5.74) is 1.50. The Balaban J connectivity index is 2.29. The molecule has 0 aliphatic rings. The first kappa shape index (κ1) is 14.1. The van der Waals surface area contributed by atoms with Crippen LogP contribution in [0, 0.1) is 6.92 Å². The van der Waals surface area contributed by atoms with Crippen LogP contribution < -0.4 is 0 Å². The standard InChI is InChI=1S/C16H14N2O4/c1-3-21-16(20)13-10(2)22-15-14(13)12(9-19)17-18(15)11-7-5-4-6-8-11/h4-9H,3H2,1-2H3. The van der Waals surface area contributed by atoms with E-state index in [1.807, 2.05) is 30.3 Å². The fourth-order valence-electron chi connectivity index (χ4n) is 2.40. The van der Waals surface area contributed by atoms with Crippen LogP contribution in [0.15, 0.2) is 34.7 Å². The van der Waals surface area contributed by atoms with Crippen molar-refractivity contribution < 1.29 is 18.7 Å². The second kappa shape index (κ2) is 5.48. The van der Waals surface area contributed by atoms with E-state index in [1.54, 1.807) is 13.8 Å². The maximum absolute atomic E-state index is 12.1. The molecule has 0 bridgehead atoms. The van der Waals surface area contributed by atoms with Gasteiger partial charge in [-0.2, -0.15) is 9.78 Å². The number of hydrogen-bond donors (Lipinski definition) is 0. The number of ether oxygens (including phenoxy) is 1. The van der Waals surface area contributed by atoms with Gasteiger partial charge in [0.25, 0.3) is 0 Å². The first-order valence-corrected chi connectivity index (χ1v) is 6.87. The average molecular weight is 298 g/mol. The van der Waals surface area contributed by atoms with E-state index >= 15 is 0 Å². The molecule has 6 heteroatoms. The van der Waals surface area contributed by atoms with E-state index in [4.69, 9.17) is 9.15 Å². The number of aromatic nitrogens is 2. The number of aldehydes is 1. The molecular weight excluding hydrogens is 284 g/mol. The summed E-state index contributed by atoms with van der Waals surface area (Å²) in [5, 5.41) is 4.61. The SMILES string of the molecule is CCOC(=O)c1c(C)oc2c1c(C=O)nn2-c1ccccc1. The molecular formula is C16H14N2O4. The molecule has 3 rings (SSSR count). The lowest BCUT2D eigenvalue weighted by Crippen LogP contribution is -2.05. The van der Waals surface area contributed by atoms with Gasteiger partial charge in [0.15, 0.2) is 6.29 Å². The molecule has 3 aromatic rings. The third-order valence-corrected chi connectivity index (χ3v) is 3.31. The third kappa shape index (κ3) is 2.09. The van der Waals surface area contributed by atoms with Gasteiger partial charge in [0, 0.05) is 0 Å². The zero-order valence-corrected chi connectivity index (χ0v) is 12.2. The summed E-state index contributed by atoms with van der Waals surface area (Å²) in [4.78, 5) is 23.5. The van der Waals surface area contributed by atoms with E-state index < -0.39 is 5.97 Å². The number of furan rings is 1. The number of rotatable bonds is 4. The van der Waals surface area contributed by atoms with Crippen LogP contribution in [-0.2, 0) is 4.74 Å². The summed E-state index contributed by atoms with van der Waals surface area (Å²) in [5.74, 6) is -0.118. The zero-order chi connectivity index (χ0) is 15.7. The quantitative estimate of drug-likeness (QED) is 0.547. The van der Waals surface area contributed by atoms with Gasteiger partial charge >= 0.3 is 5.97 Å². The molecule has 0 fully saturated rings. The summed E-state index contributed by atoms with van der Waals surface area (Å²) in [6.45, 7) is 3.63. The highest BCUT2D eigenvalue weighted by atomic mass is 16.5.